The van der Waals surface area contributed by atoms with Crippen LogP contribution in [0, 0.1) is 11.3 Å². The monoisotopic (exact) mass is 350 g/mol. The van der Waals surface area contributed by atoms with Crippen molar-refractivity contribution in [3.63, 3.8) is 0 Å². The highest BCUT2D eigenvalue weighted by molar-refractivity contribution is 7.89. The predicted molar refractivity (Wildman–Crippen MR) is 86.2 cm³/mol. The van der Waals surface area contributed by atoms with Gasteiger partial charge in [0.15, 0.2) is 6.10 Å². The van der Waals surface area contributed by atoms with E-state index in [-0.39, 0.29) is 4.90 Å². The number of sulfonamides is 1. The Morgan fingerprint density at radius 1 is 1.33 bits per heavy atom. The molecule has 0 aliphatic carbocycles. The van der Waals surface area contributed by atoms with Gasteiger partial charge in [0, 0.05) is 19.2 Å². The summed E-state index contributed by atoms with van der Waals surface area (Å²) in [5.74, 6) is -0.630. The first kappa shape index (κ1) is 18.1. The van der Waals surface area contributed by atoms with Crippen LogP contribution in [0.25, 0.3) is 6.08 Å². The van der Waals surface area contributed by atoms with Gasteiger partial charge in [-0.1, -0.05) is 12.1 Å². The van der Waals surface area contributed by atoms with Crippen LogP contribution in [0.2, 0.25) is 0 Å². The van der Waals surface area contributed by atoms with E-state index in [1.54, 1.807) is 18.2 Å². The minimum Gasteiger partial charge on any atom is -0.444 e. The summed E-state index contributed by atoms with van der Waals surface area (Å²) in [5.41, 5.74) is 0.650. The first-order chi connectivity index (χ1) is 11.4. The maximum Gasteiger partial charge on any atom is 0.332 e. The standard InChI is InChI=1S/C16H18N2O5S/c1-13(12-17)23-16(19)7-4-14-2-5-15(6-3-14)24(20,21)18-8-10-22-11-9-18/h2-7,13H,8-11H2,1H3/b7-4+/t13-/m0/s1. The van der Waals surface area contributed by atoms with E-state index < -0.39 is 22.1 Å². The Morgan fingerprint density at radius 2 is 1.96 bits per heavy atom. The van der Waals surface area contributed by atoms with E-state index in [9.17, 15) is 13.2 Å². The second kappa shape index (κ2) is 8.06. The molecule has 0 saturated carbocycles. The van der Waals surface area contributed by atoms with E-state index in [1.807, 2.05) is 0 Å². The highest BCUT2D eigenvalue weighted by Crippen LogP contribution is 2.18. The molecule has 0 bridgehead atoms. The van der Waals surface area contributed by atoms with E-state index in [0.717, 1.165) is 0 Å². The van der Waals surface area contributed by atoms with Crippen molar-refractivity contribution in [3.8, 4) is 6.07 Å². The second-order valence-corrected chi connectivity index (χ2v) is 7.06. The highest BCUT2D eigenvalue weighted by Gasteiger charge is 2.25. The van der Waals surface area contributed by atoms with Crippen molar-refractivity contribution >= 4 is 22.1 Å². The number of ether oxygens (including phenoxy) is 2. The zero-order chi connectivity index (χ0) is 17.6. The average molecular weight is 350 g/mol. The summed E-state index contributed by atoms with van der Waals surface area (Å²) in [7, 11) is -3.53. The van der Waals surface area contributed by atoms with Gasteiger partial charge in [0.25, 0.3) is 0 Å². The van der Waals surface area contributed by atoms with Gasteiger partial charge in [0.05, 0.1) is 18.1 Å². The van der Waals surface area contributed by atoms with Crippen LogP contribution in [-0.2, 0) is 24.3 Å². The summed E-state index contributed by atoms with van der Waals surface area (Å²) in [6, 6.07) is 7.98. The lowest BCUT2D eigenvalue weighted by molar-refractivity contribution is -0.139. The number of rotatable bonds is 5. The molecule has 2 rings (SSSR count). The number of benzene rings is 1. The van der Waals surface area contributed by atoms with E-state index in [2.05, 4.69) is 0 Å². The Labute approximate surface area is 141 Å². The molecular formula is C16H18N2O5S. The first-order valence-corrected chi connectivity index (χ1v) is 8.84. The Kier molecular flexibility index (Phi) is 6.09. The molecular weight excluding hydrogens is 332 g/mol. The number of esters is 1. The zero-order valence-electron chi connectivity index (χ0n) is 13.2. The van der Waals surface area contributed by atoms with Gasteiger partial charge in [-0.3, -0.25) is 0 Å². The molecule has 0 unspecified atom stereocenters. The van der Waals surface area contributed by atoms with Crippen molar-refractivity contribution < 1.29 is 22.7 Å². The number of morpholine rings is 1. The Bertz CT molecular complexity index is 744. The number of nitrogens with zero attached hydrogens (tertiary/aromatic N) is 2. The lowest BCUT2D eigenvalue weighted by Gasteiger charge is -2.26. The zero-order valence-corrected chi connectivity index (χ0v) is 14.0. The SMILES string of the molecule is C[C@@H](C#N)OC(=O)/C=C/c1ccc(S(=O)(=O)N2CCOCC2)cc1. The van der Waals surface area contributed by atoms with Crippen LogP contribution in [0.1, 0.15) is 12.5 Å². The van der Waals surface area contributed by atoms with Gasteiger partial charge in [0.1, 0.15) is 6.07 Å². The fraction of sp³-hybridized carbons (Fsp3) is 0.375. The molecule has 1 aromatic rings. The molecule has 1 heterocycles. The predicted octanol–water partition coefficient (Wildman–Crippen LogP) is 1.18. The summed E-state index contributed by atoms with van der Waals surface area (Å²) in [5, 5.41) is 8.56. The molecule has 0 radical (unpaired) electrons. The van der Waals surface area contributed by atoms with Crippen molar-refractivity contribution in [2.75, 3.05) is 26.3 Å². The molecule has 128 valence electrons. The maximum absolute atomic E-state index is 12.5. The summed E-state index contributed by atoms with van der Waals surface area (Å²) in [4.78, 5) is 11.6. The summed E-state index contributed by atoms with van der Waals surface area (Å²) in [6.45, 7) is 2.93. The van der Waals surface area contributed by atoms with Gasteiger partial charge < -0.3 is 9.47 Å². The number of carbonyl (C=O) groups is 1. The molecule has 0 aromatic heterocycles. The van der Waals surface area contributed by atoms with Gasteiger partial charge >= 0.3 is 5.97 Å². The van der Waals surface area contributed by atoms with Crippen LogP contribution < -0.4 is 0 Å². The molecule has 1 atom stereocenters. The lowest BCUT2D eigenvalue weighted by atomic mass is 10.2. The lowest BCUT2D eigenvalue weighted by Crippen LogP contribution is -2.40. The molecule has 1 aliphatic heterocycles. The van der Waals surface area contributed by atoms with Crippen LogP contribution in [0.15, 0.2) is 35.2 Å². The minimum absolute atomic E-state index is 0.197. The van der Waals surface area contributed by atoms with Gasteiger partial charge in [-0.05, 0) is 30.7 Å². The van der Waals surface area contributed by atoms with Crippen LogP contribution in [0.4, 0.5) is 0 Å². The number of nitriles is 1. The normalized spacial score (nSPS) is 17.3. The van der Waals surface area contributed by atoms with Gasteiger partial charge in [-0.25, -0.2) is 13.2 Å². The van der Waals surface area contributed by atoms with Crippen LogP contribution in [-0.4, -0.2) is 51.1 Å². The quantitative estimate of drug-likeness (QED) is 0.584. The summed E-state index contributed by atoms with van der Waals surface area (Å²) in [6.07, 6.45) is 1.87. The number of hydrogen-bond donors (Lipinski definition) is 0. The average Bonchev–Trinajstić information content (AvgIpc) is 2.61. The van der Waals surface area contributed by atoms with Crippen LogP contribution in [0.3, 0.4) is 0 Å². The molecule has 0 spiro atoms. The third-order valence-electron chi connectivity index (χ3n) is 3.37. The largest absolute Gasteiger partial charge is 0.444 e. The van der Waals surface area contributed by atoms with Gasteiger partial charge in [-0.2, -0.15) is 9.57 Å². The molecule has 1 saturated heterocycles. The van der Waals surface area contributed by atoms with Gasteiger partial charge in [0.2, 0.25) is 10.0 Å². The third-order valence-corrected chi connectivity index (χ3v) is 5.29. The Morgan fingerprint density at radius 3 is 2.54 bits per heavy atom. The molecule has 1 aliphatic rings. The molecule has 24 heavy (non-hydrogen) atoms. The van der Waals surface area contributed by atoms with E-state index in [1.165, 1.54) is 35.5 Å². The molecule has 0 N–H and O–H groups in total. The summed E-state index contributed by atoms with van der Waals surface area (Å²) < 4.78 is 36.3. The third kappa shape index (κ3) is 4.64. The fourth-order valence-corrected chi connectivity index (χ4v) is 3.50. The molecule has 1 fully saturated rings. The van der Waals surface area contributed by atoms with Crippen molar-refractivity contribution in [2.24, 2.45) is 0 Å². The smallest absolute Gasteiger partial charge is 0.332 e. The van der Waals surface area contributed by atoms with Crippen LogP contribution >= 0.6 is 0 Å². The van der Waals surface area contributed by atoms with Crippen molar-refractivity contribution in [3.05, 3.63) is 35.9 Å². The van der Waals surface area contributed by atoms with Gasteiger partial charge in [-0.15, -0.1) is 0 Å². The molecule has 1 aromatic carbocycles. The fourth-order valence-electron chi connectivity index (χ4n) is 2.09. The van der Waals surface area contributed by atoms with E-state index in [4.69, 9.17) is 14.7 Å². The molecule has 7 nitrogen and oxygen atoms in total. The first-order valence-electron chi connectivity index (χ1n) is 7.40. The Balaban J connectivity index is 2.05. The van der Waals surface area contributed by atoms with Crippen LogP contribution in [0.5, 0.6) is 0 Å². The second-order valence-electron chi connectivity index (χ2n) is 5.13. The summed E-state index contributed by atoms with van der Waals surface area (Å²) >= 11 is 0. The van der Waals surface area contributed by atoms with Crippen molar-refractivity contribution in [1.82, 2.24) is 4.31 Å². The van der Waals surface area contributed by atoms with Crippen molar-refractivity contribution in [1.29, 1.82) is 5.26 Å². The van der Waals surface area contributed by atoms with E-state index in [0.29, 0.717) is 31.9 Å². The number of hydrogen-bond acceptors (Lipinski definition) is 6. The topological polar surface area (TPSA) is 96.7 Å². The van der Waals surface area contributed by atoms with E-state index >= 15 is 0 Å². The highest BCUT2D eigenvalue weighted by atomic mass is 32.2. The molecule has 0 amide bonds. The Hall–Kier alpha value is -2.21. The van der Waals surface area contributed by atoms with Crippen molar-refractivity contribution in [2.45, 2.75) is 17.9 Å². The minimum atomic E-state index is -3.53. The molecule has 8 heteroatoms. The number of carbonyl (C=O) groups excluding carboxylic acids is 1. The maximum atomic E-state index is 12.5.